The zero-order valence-corrected chi connectivity index (χ0v) is 13.7. The summed E-state index contributed by atoms with van der Waals surface area (Å²) in [5, 5.41) is 3.32. The van der Waals surface area contributed by atoms with E-state index in [-0.39, 0.29) is 5.82 Å². The van der Waals surface area contributed by atoms with Gasteiger partial charge in [0.2, 0.25) is 0 Å². The predicted octanol–water partition coefficient (Wildman–Crippen LogP) is 3.92. The highest BCUT2D eigenvalue weighted by atomic mass is 79.9. The maximum atomic E-state index is 13.8. The molecule has 4 heteroatoms. The molecule has 0 aliphatic heterocycles. The van der Waals surface area contributed by atoms with Gasteiger partial charge >= 0.3 is 0 Å². The standard InChI is InChI=1S/C16H23BrFNO/c1-3-20-15-7-11(8-15)6-14(19-2)10-12-9-13(17)4-5-16(12)18/h4-5,9,11,14-15,19H,3,6-8,10H2,1-2H3. The number of nitrogens with one attached hydrogen (secondary N) is 1. The maximum absolute atomic E-state index is 13.8. The summed E-state index contributed by atoms with van der Waals surface area (Å²) in [6.45, 7) is 2.84. The summed E-state index contributed by atoms with van der Waals surface area (Å²) in [7, 11) is 1.96. The van der Waals surface area contributed by atoms with Gasteiger partial charge in [-0.2, -0.15) is 0 Å². The first-order chi connectivity index (χ1) is 9.62. The van der Waals surface area contributed by atoms with E-state index in [0.29, 0.717) is 18.1 Å². The van der Waals surface area contributed by atoms with Gasteiger partial charge in [0.15, 0.2) is 0 Å². The summed E-state index contributed by atoms with van der Waals surface area (Å²) in [4.78, 5) is 0. The molecule has 0 radical (unpaired) electrons. The first-order valence-electron chi connectivity index (χ1n) is 7.35. The van der Waals surface area contributed by atoms with Gasteiger partial charge < -0.3 is 10.1 Å². The van der Waals surface area contributed by atoms with Gasteiger partial charge in [0.05, 0.1) is 6.10 Å². The van der Waals surface area contributed by atoms with E-state index in [0.717, 1.165) is 42.3 Å². The van der Waals surface area contributed by atoms with Gasteiger partial charge in [-0.1, -0.05) is 15.9 Å². The number of benzene rings is 1. The first-order valence-corrected chi connectivity index (χ1v) is 8.14. The molecule has 0 bridgehead atoms. The monoisotopic (exact) mass is 343 g/mol. The Bertz CT molecular complexity index is 434. The quantitative estimate of drug-likeness (QED) is 0.809. The second-order valence-corrected chi connectivity index (χ2v) is 6.49. The second-order valence-electron chi connectivity index (χ2n) is 5.58. The van der Waals surface area contributed by atoms with Gasteiger partial charge in [0, 0.05) is 17.1 Å². The molecule has 1 fully saturated rings. The van der Waals surface area contributed by atoms with Crippen molar-refractivity contribution in [1.82, 2.24) is 5.32 Å². The molecule has 1 unspecified atom stereocenters. The lowest BCUT2D eigenvalue weighted by molar-refractivity contribution is -0.0288. The zero-order valence-electron chi connectivity index (χ0n) is 12.2. The van der Waals surface area contributed by atoms with Crippen LogP contribution >= 0.6 is 15.9 Å². The normalized spacial score (nSPS) is 23.4. The zero-order chi connectivity index (χ0) is 14.5. The summed E-state index contributed by atoms with van der Waals surface area (Å²) in [5.74, 6) is 0.591. The van der Waals surface area contributed by atoms with Gasteiger partial charge in [-0.05, 0) is 69.3 Å². The van der Waals surface area contributed by atoms with Crippen LogP contribution in [0.15, 0.2) is 22.7 Å². The maximum Gasteiger partial charge on any atom is 0.126 e. The third-order valence-corrected chi connectivity index (χ3v) is 4.59. The summed E-state index contributed by atoms with van der Waals surface area (Å²) in [6, 6.07) is 5.47. The van der Waals surface area contributed by atoms with Crippen molar-refractivity contribution in [3.8, 4) is 0 Å². The van der Waals surface area contributed by atoms with Crippen molar-refractivity contribution >= 4 is 15.9 Å². The van der Waals surface area contributed by atoms with Crippen molar-refractivity contribution in [2.45, 2.75) is 44.8 Å². The van der Waals surface area contributed by atoms with Crippen LogP contribution in [0.1, 0.15) is 31.7 Å². The van der Waals surface area contributed by atoms with Crippen LogP contribution < -0.4 is 5.32 Å². The lowest BCUT2D eigenvalue weighted by Crippen LogP contribution is -2.38. The molecule has 1 atom stereocenters. The van der Waals surface area contributed by atoms with Gasteiger partial charge in [-0.3, -0.25) is 0 Å². The van der Waals surface area contributed by atoms with E-state index >= 15 is 0 Å². The van der Waals surface area contributed by atoms with Crippen molar-refractivity contribution in [3.63, 3.8) is 0 Å². The van der Waals surface area contributed by atoms with E-state index in [9.17, 15) is 4.39 Å². The Hall–Kier alpha value is -0.450. The fraction of sp³-hybridized carbons (Fsp3) is 0.625. The Morgan fingerprint density at radius 1 is 1.45 bits per heavy atom. The average Bonchev–Trinajstić information content (AvgIpc) is 2.39. The highest BCUT2D eigenvalue weighted by molar-refractivity contribution is 9.10. The number of hydrogen-bond donors (Lipinski definition) is 1. The smallest absolute Gasteiger partial charge is 0.126 e. The van der Waals surface area contributed by atoms with Crippen LogP contribution in [0.4, 0.5) is 4.39 Å². The molecule has 2 nitrogen and oxygen atoms in total. The molecule has 1 aromatic rings. The predicted molar refractivity (Wildman–Crippen MR) is 83.4 cm³/mol. The van der Waals surface area contributed by atoms with Crippen LogP contribution in [0.5, 0.6) is 0 Å². The molecule has 2 rings (SSSR count). The van der Waals surface area contributed by atoms with E-state index in [1.165, 1.54) is 6.07 Å². The second kappa shape index (κ2) is 7.53. The van der Waals surface area contributed by atoms with Gasteiger partial charge in [-0.15, -0.1) is 0 Å². The van der Waals surface area contributed by atoms with Gasteiger partial charge in [0.25, 0.3) is 0 Å². The highest BCUT2D eigenvalue weighted by Crippen LogP contribution is 2.34. The van der Waals surface area contributed by atoms with Crippen molar-refractivity contribution in [2.24, 2.45) is 5.92 Å². The van der Waals surface area contributed by atoms with Gasteiger partial charge in [-0.25, -0.2) is 4.39 Å². The molecule has 0 amide bonds. The van der Waals surface area contributed by atoms with Crippen LogP contribution in [-0.2, 0) is 11.2 Å². The van der Waals surface area contributed by atoms with Crippen LogP contribution in [0, 0.1) is 11.7 Å². The molecule has 20 heavy (non-hydrogen) atoms. The molecule has 1 aliphatic rings. The SMILES string of the molecule is CCOC1CC(CC(Cc2cc(Br)ccc2F)NC)C1. The largest absolute Gasteiger partial charge is 0.378 e. The van der Waals surface area contributed by atoms with Crippen molar-refractivity contribution in [3.05, 3.63) is 34.1 Å². The highest BCUT2D eigenvalue weighted by Gasteiger charge is 2.31. The Labute approximate surface area is 129 Å². The molecule has 112 valence electrons. The van der Waals surface area contributed by atoms with Gasteiger partial charge in [0.1, 0.15) is 5.82 Å². The van der Waals surface area contributed by atoms with E-state index < -0.39 is 0 Å². The number of halogens is 2. The molecule has 1 aliphatic carbocycles. The molecular weight excluding hydrogens is 321 g/mol. The molecule has 1 aromatic carbocycles. The molecule has 0 spiro atoms. The van der Waals surface area contributed by atoms with Crippen molar-refractivity contribution in [2.75, 3.05) is 13.7 Å². The van der Waals surface area contributed by atoms with Crippen molar-refractivity contribution in [1.29, 1.82) is 0 Å². The lowest BCUT2D eigenvalue weighted by Gasteiger charge is -2.37. The number of likely N-dealkylation sites (N-methyl/N-ethyl adjacent to an activating group) is 1. The van der Waals surface area contributed by atoms with Crippen LogP contribution in [-0.4, -0.2) is 25.8 Å². The Morgan fingerprint density at radius 3 is 2.85 bits per heavy atom. The lowest BCUT2D eigenvalue weighted by atomic mass is 9.77. The Balaban J connectivity index is 1.85. The topological polar surface area (TPSA) is 21.3 Å². The number of ether oxygens (including phenoxy) is 1. The van der Waals surface area contributed by atoms with E-state index in [1.54, 1.807) is 6.07 Å². The minimum Gasteiger partial charge on any atom is -0.378 e. The average molecular weight is 344 g/mol. The molecule has 0 saturated heterocycles. The summed E-state index contributed by atoms with van der Waals surface area (Å²) >= 11 is 3.41. The summed E-state index contributed by atoms with van der Waals surface area (Å²) in [5.41, 5.74) is 0.777. The first kappa shape index (κ1) is 15.9. The molecule has 0 heterocycles. The third-order valence-electron chi connectivity index (χ3n) is 4.09. The fourth-order valence-electron chi connectivity index (χ4n) is 2.91. The Kier molecular flexibility index (Phi) is 6.00. The molecule has 1 N–H and O–H groups in total. The molecule has 1 saturated carbocycles. The Morgan fingerprint density at radius 2 is 2.20 bits per heavy atom. The molecular formula is C16H23BrFNO. The fourth-order valence-corrected chi connectivity index (χ4v) is 3.32. The third kappa shape index (κ3) is 4.27. The minimum absolute atomic E-state index is 0.116. The summed E-state index contributed by atoms with van der Waals surface area (Å²) < 4.78 is 20.3. The van der Waals surface area contributed by atoms with E-state index in [4.69, 9.17) is 4.74 Å². The van der Waals surface area contributed by atoms with Crippen LogP contribution in [0.3, 0.4) is 0 Å². The van der Waals surface area contributed by atoms with Crippen molar-refractivity contribution < 1.29 is 9.13 Å². The van der Waals surface area contributed by atoms with Crippen LogP contribution in [0.25, 0.3) is 0 Å². The number of hydrogen-bond acceptors (Lipinski definition) is 2. The van der Waals surface area contributed by atoms with Crippen LogP contribution in [0.2, 0.25) is 0 Å². The summed E-state index contributed by atoms with van der Waals surface area (Å²) in [6.07, 6.45) is 4.56. The number of rotatable bonds is 7. The van der Waals surface area contributed by atoms with E-state index in [1.807, 2.05) is 20.0 Å². The molecule has 0 aromatic heterocycles. The van der Waals surface area contributed by atoms with E-state index in [2.05, 4.69) is 21.2 Å². The minimum atomic E-state index is -0.116.